The van der Waals surface area contributed by atoms with E-state index in [-0.39, 0.29) is 0 Å². The summed E-state index contributed by atoms with van der Waals surface area (Å²) in [4.78, 5) is 24.6. The third-order valence-corrected chi connectivity index (χ3v) is 2.08. The molecule has 0 atom stereocenters. The fourth-order valence-corrected chi connectivity index (χ4v) is 1.41. The Balaban J connectivity index is 0.000000249. The third-order valence-electron chi connectivity index (χ3n) is 1.58. The second kappa shape index (κ2) is 6.16. The Labute approximate surface area is 108 Å². The summed E-state index contributed by atoms with van der Waals surface area (Å²) in [5, 5.41) is 0. The standard InChI is InChI=1S/C6H4N4S2.C3H7NO/c11-5-3-4(8-2-1-7-3)9-6(12)10-5;1-4(2)3-5/h1-2H,(H2,8,9,10,11,12);3H,1-2H3. The van der Waals surface area contributed by atoms with Gasteiger partial charge in [0.05, 0.1) is 0 Å². The van der Waals surface area contributed by atoms with Crippen molar-refractivity contribution in [1.82, 2.24) is 24.8 Å². The van der Waals surface area contributed by atoms with Crippen LogP contribution in [0, 0.1) is 9.41 Å². The molecule has 0 unspecified atom stereocenters. The van der Waals surface area contributed by atoms with Crippen molar-refractivity contribution in [2.24, 2.45) is 0 Å². The van der Waals surface area contributed by atoms with Crippen LogP contribution < -0.4 is 0 Å². The van der Waals surface area contributed by atoms with Crippen molar-refractivity contribution in [3.05, 3.63) is 21.8 Å². The molecule has 0 aliphatic rings. The highest BCUT2D eigenvalue weighted by Crippen LogP contribution is 2.03. The minimum Gasteiger partial charge on any atom is -0.351 e. The zero-order valence-corrected chi connectivity index (χ0v) is 10.9. The summed E-state index contributed by atoms with van der Waals surface area (Å²) in [6.45, 7) is 0. The molecule has 90 valence electrons. The summed E-state index contributed by atoms with van der Waals surface area (Å²) in [6.07, 6.45) is 3.92. The second-order valence-electron chi connectivity index (χ2n) is 3.23. The van der Waals surface area contributed by atoms with Gasteiger partial charge in [-0.1, -0.05) is 12.2 Å². The Bertz CT molecular complexity index is 618. The van der Waals surface area contributed by atoms with Gasteiger partial charge in [-0.05, 0) is 12.2 Å². The van der Waals surface area contributed by atoms with Crippen molar-refractivity contribution in [2.75, 3.05) is 14.1 Å². The molecule has 0 saturated carbocycles. The fraction of sp³-hybridized carbons (Fsp3) is 0.222. The molecule has 2 rings (SSSR count). The van der Waals surface area contributed by atoms with Crippen molar-refractivity contribution >= 4 is 42.0 Å². The number of amides is 1. The zero-order chi connectivity index (χ0) is 12.8. The van der Waals surface area contributed by atoms with Gasteiger partial charge in [-0.3, -0.25) is 4.79 Å². The molecular weight excluding hydrogens is 258 g/mol. The van der Waals surface area contributed by atoms with E-state index in [0.717, 1.165) is 6.41 Å². The predicted octanol–water partition coefficient (Wildman–Crippen LogP) is 1.45. The van der Waals surface area contributed by atoms with Gasteiger partial charge in [0.15, 0.2) is 10.4 Å². The van der Waals surface area contributed by atoms with Crippen LogP contribution in [0.25, 0.3) is 11.2 Å². The number of fused-ring (bicyclic) bond motifs is 1. The number of rotatable bonds is 1. The molecule has 0 aromatic carbocycles. The van der Waals surface area contributed by atoms with Crippen molar-refractivity contribution in [3.8, 4) is 0 Å². The molecule has 0 spiro atoms. The van der Waals surface area contributed by atoms with Gasteiger partial charge in [0, 0.05) is 26.5 Å². The summed E-state index contributed by atoms with van der Waals surface area (Å²) >= 11 is 9.88. The van der Waals surface area contributed by atoms with Gasteiger partial charge in [-0.15, -0.1) is 0 Å². The van der Waals surface area contributed by atoms with Gasteiger partial charge in [-0.25, -0.2) is 9.97 Å². The number of nitrogens with zero attached hydrogens (tertiary/aromatic N) is 3. The summed E-state index contributed by atoms with van der Waals surface area (Å²) in [7, 11) is 3.38. The summed E-state index contributed by atoms with van der Waals surface area (Å²) in [5.74, 6) is 0. The molecule has 0 saturated heterocycles. The van der Waals surface area contributed by atoms with E-state index in [1.54, 1.807) is 26.5 Å². The molecule has 0 fully saturated rings. The monoisotopic (exact) mass is 269 g/mol. The van der Waals surface area contributed by atoms with E-state index < -0.39 is 0 Å². The van der Waals surface area contributed by atoms with Gasteiger partial charge in [0.1, 0.15) is 10.2 Å². The Morgan fingerprint density at radius 3 is 2.41 bits per heavy atom. The SMILES string of the molecule is CN(C)C=O.S=c1[nH]c(=S)c2nccnc2[nH]1. The lowest BCUT2D eigenvalue weighted by atomic mass is 10.5. The molecule has 8 heteroatoms. The molecule has 0 aliphatic carbocycles. The van der Waals surface area contributed by atoms with E-state index in [2.05, 4.69) is 19.9 Å². The minimum absolute atomic E-state index is 0.466. The fourth-order valence-electron chi connectivity index (χ4n) is 0.897. The number of nitrogens with one attached hydrogen (secondary N) is 2. The van der Waals surface area contributed by atoms with E-state index >= 15 is 0 Å². The van der Waals surface area contributed by atoms with E-state index in [1.807, 2.05) is 0 Å². The van der Waals surface area contributed by atoms with Gasteiger partial charge >= 0.3 is 0 Å². The summed E-state index contributed by atoms with van der Waals surface area (Å²) in [6, 6.07) is 0. The van der Waals surface area contributed by atoms with Crippen LogP contribution in [0.2, 0.25) is 0 Å². The highest BCUT2D eigenvalue weighted by Gasteiger charge is 1.95. The smallest absolute Gasteiger partial charge is 0.209 e. The maximum atomic E-state index is 9.43. The largest absolute Gasteiger partial charge is 0.351 e. The average Bonchev–Trinajstić information content (AvgIpc) is 2.29. The van der Waals surface area contributed by atoms with Crippen LogP contribution in [0.5, 0.6) is 0 Å². The quantitative estimate of drug-likeness (QED) is 0.605. The maximum absolute atomic E-state index is 9.43. The Kier molecular flexibility index (Phi) is 4.85. The molecule has 0 radical (unpaired) electrons. The Hall–Kier alpha value is -1.67. The topological polar surface area (TPSA) is 77.7 Å². The lowest BCUT2D eigenvalue weighted by Gasteiger charge is -1.94. The molecule has 2 heterocycles. The molecular formula is C9H11N5OS2. The highest BCUT2D eigenvalue weighted by atomic mass is 32.1. The van der Waals surface area contributed by atoms with Crippen LogP contribution in [-0.4, -0.2) is 45.3 Å². The molecule has 0 bridgehead atoms. The maximum Gasteiger partial charge on any atom is 0.209 e. The van der Waals surface area contributed by atoms with Crippen LogP contribution in [0.1, 0.15) is 0 Å². The molecule has 2 N–H and O–H groups in total. The highest BCUT2D eigenvalue weighted by molar-refractivity contribution is 7.72. The molecule has 2 aromatic rings. The van der Waals surface area contributed by atoms with Crippen LogP contribution in [0.15, 0.2) is 12.4 Å². The second-order valence-corrected chi connectivity index (χ2v) is 4.05. The molecule has 17 heavy (non-hydrogen) atoms. The van der Waals surface area contributed by atoms with Crippen LogP contribution in [0.3, 0.4) is 0 Å². The van der Waals surface area contributed by atoms with Gasteiger partial charge in [0.2, 0.25) is 6.41 Å². The van der Waals surface area contributed by atoms with Crippen molar-refractivity contribution in [3.63, 3.8) is 0 Å². The number of aromatic nitrogens is 4. The first-order valence-electron chi connectivity index (χ1n) is 4.59. The van der Waals surface area contributed by atoms with E-state index in [4.69, 9.17) is 24.4 Å². The molecule has 0 aliphatic heterocycles. The lowest BCUT2D eigenvalue weighted by Crippen LogP contribution is -2.06. The van der Waals surface area contributed by atoms with Crippen molar-refractivity contribution in [2.45, 2.75) is 0 Å². The lowest BCUT2D eigenvalue weighted by molar-refractivity contribution is -0.115. The number of carbonyl (C=O) groups is 1. The first kappa shape index (κ1) is 13.4. The zero-order valence-electron chi connectivity index (χ0n) is 9.30. The summed E-state index contributed by atoms with van der Waals surface area (Å²) < 4.78 is 0.981. The first-order valence-corrected chi connectivity index (χ1v) is 5.41. The molecule has 1 amide bonds. The van der Waals surface area contributed by atoms with Crippen LogP contribution in [-0.2, 0) is 4.79 Å². The normalized spacial score (nSPS) is 9.29. The number of H-pyrrole nitrogens is 2. The van der Waals surface area contributed by atoms with E-state index in [0.29, 0.717) is 20.6 Å². The van der Waals surface area contributed by atoms with E-state index in [1.165, 1.54) is 4.90 Å². The Morgan fingerprint density at radius 1 is 1.24 bits per heavy atom. The van der Waals surface area contributed by atoms with E-state index in [9.17, 15) is 4.79 Å². The molecule has 6 nitrogen and oxygen atoms in total. The average molecular weight is 269 g/mol. The summed E-state index contributed by atoms with van der Waals surface area (Å²) in [5.41, 5.74) is 1.26. The predicted molar refractivity (Wildman–Crippen MR) is 69.7 cm³/mol. The number of hydrogen-bond acceptors (Lipinski definition) is 5. The van der Waals surface area contributed by atoms with Gasteiger partial charge < -0.3 is 14.9 Å². The van der Waals surface area contributed by atoms with Crippen LogP contribution >= 0.6 is 24.4 Å². The van der Waals surface area contributed by atoms with Crippen LogP contribution in [0.4, 0.5) is 0 Å². The van der Waals surface area contributed by atoms with Crippen molar-refractivity contribution < 1.29 is 4.79 Å². The number of aromatic amines is 2. The van der Waals surface area contributed by atoms with Gasteiger partial charge in [0.25, 0.3) is 0 Å². The van der Waals surface area contributed by atoms with Crippen molar-refractivity contribution in [1.29, 1.82) is 0 Å². The minimum atomic E-state index is 0.466. The van der Waals surface area contributed by atoms with Gasteiger partial charge in [-0.2, -0.15) is 0 Å². The Morgan fingerprint density at radius 2 is 1.82 bits per heavy atom. The molecule has 2 aromatic heterocycles. The first-order chi connectivity index (χ1) is 8.04. The number of carbonyl (C=O) groups excluding carboxylic acids is 1. The third kappa shape index (κ3) is 4.00. The number of hydrogen-bond donors (Lipinski definition) is 2.